The molecule has 0 spiro atoms. The fourth-order valence-corrected chi connectivity index (χ4v) is 1.85. The maximum atomic E-state index is 11.7. The second-order valence-corrected chi connectivity index (χ2v) is 5.11. The van der Waals surface area contributed by atoms with Gasteiger partial charge in [0.1, 0.15) is 0 Å². The highest BCUT2D eigenvalue weighted by atomic mass is 31.2. The average molecular weight is 306 g/mol. The molecule has 1 heterocycles. The van der Waals surface area contributed by atoms with Crippen molar-refractivity contribution in [3.8, 4) is 0 Å². The smallest absolute Gasteiger partial charge is 0.303 e. The number of hydrogen-bond acceptors (Lipinski definition) is 4. The lowest BCUT2D eigenvalue weighted by atomic mass is 10.1. The molecule has 7 nitrogen and oxygen atoms in total. The van der Waals surface area contributed by atoms with Crippen molar-refractivity contribution in [1.82, 2.24) is 10.2 Å². The number of phosphoric acid groups is 1. The fraction of sp³-hybridized carbons (Fsp3) is 0. The summed E-state index contributed by atoms with van der Waals surface area (Å²) >= 11 is 0. The molecule has 108 valence electrons. The van der Waals surface area contributed by atoms with Crippen molar-refractivity contribution in [2.45, 2.75) is 0 Å². The van der Waals surface area contributed by atoms with E-state index in [-0.39, 0.29) is 5.56 Å². The molecule has 1 aromatic heterocycles. The van der Waals surface area contributed by atoms with Crippen LogP contribution in [0.3, 0.4) is 0 Å². The first-order valence-electron chi connectivity index (χ1n) is 5.79. The lowest BCUT2D eigenvalue weighted by molar-refractivity contribution is 0.275. The van der Waals surface area contributed by atoms with Crippen LogP contribution < -0.4 is 5.56 Å². The van der Waals surface area contributed by atoms with Crippen LogP contribution >= 0.6 is 7.82 Å². The summed E-state index contributed by atoms with van der Waals surface area (Å²) in [6, 6.07) is 15.1. The van der Waals surface area contributed by atoms with Gasteiger partial charge in [0.2, 0.25) is 0 Å². The topological polar surface area (TPSA) is 121 Å². The molecule has 3 rings (SSSR count). The zero-order valence-electron chi connectivity index (χ0n) is 10.6. The normalized spacial score (nSPS) is 11.0. The van der Waals surface area contributed by atoms with Crippen LogP contribution in [-0.4, -0.2) is 24.9 Å². The third-order valence-electron chi connectivity index (χ3n) is 2.60. The van der Waals surface area contributed by atoms with E-state index in [0.29, 0.717) is 5.39 Å². The Balaban J connectivity index is 0.000000282. The molecule has 0 aliphatic carbocycles. The predicted molar refractivity (Wildman–Crippen MR) is 77.6 cm³/mol. The first kappa shape index (κ1) is 15.2. The zero-order chi connectivity index (χ0) is 15.5. The Morgan fingerprint density at radius 2 is 1.24 bits per heavy atom. The van der Waals surface area contributed by atoms with Crippen molar-refractivity contribution < 1.29 is 19.2 Å². The van der Waals surface area contributed by atoms with E-state index in [9.17, 15) is 4.79 Å². The van der Waals surface area contributed by atoms with Crippen molar-refractivity contribution in [2.24, 2.45) is 0 Å². The van der Waals surface area contributed by atoms with Gasteiger partial charge in [-0.1, -0.05) is 36.4 Å². The van der Waals surface area contributed by atoms with E-state index in [4.69, 9.17) is 19.2 Å². The molecule has 0 saturated carbocycles. The summed E-state index contributed by atoms with van der Waals surface area (Å²) in [7, 11) is -4.64. The van der Waals surface area contributed by atoms with Crippen LogP contribution in [0.25, 0.3) is 21.7 Å². The van der Waals surface area contributed by atoms with E-state index in [2.05, 4.69) is 10.2 Å². The standard InChI is InChI=1S/C13H8N2O.H3O4P/c16-13-11-7-2-1-5-9(11)10-6-3-4-8-12(10)14-15-13;1-5(2,3)4/h1-8H;(H3,1,2,3,4). The Hall–Kier alpha value is -2.18. The van der Waals surface area contributed by atoms with Crippen LogP contribution in [0.5, 0.6) is 0 Å². The molecular weight excluding hydrogens is 295 g/mol. The largest absolute Gasteiger partial charge is 0.466 e. The highest BCUT2D eigenvalue weighted by Gasteiger charge is 2.02. The van der Waals surface area contributed by atoms with Crippen molar-refractivity contribution in [2.75, 3.05) is 0 Å². The van der Waals surface area contributed by atoms with Crippen molar-refractivity contribution in [1.29, 1.82) is 0 Å². The molecule has 0 bridgehead atoms. The second kappa shape index (κ2) is 6.07. The number of aromatic nitrogens is 2. The van der Waals surface area contributed by atoms with Gasteiger partial charge in [0, 0.05) is 5.39 Å². The monoisotopic (exact) mass is 306 g/mol. The minimum absolute atomic E-state index is 0.285. The van der Waals surface area contributed by atoms with E-state index in [1.165, 1.54) is 0 Å². The molecule has 0 aliphatic heterocycles. The molecule has 3 aromatic rings. The Morgan fingerprint density at radius 3 is 1.86 bits per heavy atom. The second-order valence-electron chi connectivity index (χ2n) is 4.08. The maximum Gasteiger partial charge on any atom is 0.466 e. The molecule has 0 atom stereocenters. The number of rotatable bonds is 0. The predicted octanol–water partition coefficient (Wildman–Crippen LogP) is 1.21. The molecule has 0 aliphatic rings. The number of benzene rings is 2. The summed E-state index contributed by atoms with van der Waals surface area (Å²) in [5.41, 5.74) is 0.451. The Morgan fingerprint density at radius 1 is 0.762 bits per heavy atom. The number of hydrogen-bond donors (Lipinski definition) is 3. The summed E-state index contributed by atoms with van der Waals surface area (Å²) < 4.78 is 8.88. The van der Waals surface area contributed by atoms with Crippen molar-refractivity contribution in [3.63, 3.8) is 0 Å². The molecule has 2 aromatic carbocycles. The lowest BCUT2D eigenvalue weighted by Crippen LogP contribution is -2.02. The molecule has 0 fully saturated rings. The fourth-order valence-electron chi connectivity index (χ4n) is 1.85. The SMILES string of the molecule is O=P(O)(O)O.O=c1nnc2ccccc2c2ccccc12. The van der Waals surface area contributed by atoms with E-state index < -0.39 is 7.82 Å². The Bertz CT molecular complexity index is 885. The van der Waals surface area contributed by atoms with Crippen molar-refractivity contribution >= 4 is 29.5 Å². The van der Waals surface area contributed by atoms with Gasteiger partial charge in [0.25, 0.3) is 5.56 Å². The number of fused-ring (bicyclic) bond motifs is 3. The van der Waals surface area contributed by atoms with Crippen LogP contribution in [0.1, 0.15) is 0 Å². The summed E-state index contributed by atoms with van der Waals surface area (Å²) in [5.74, 6) is 0. The van der Waals surface area contributed by atoms with E-state index in [0.717, 1.165) is 16.3 Å². The lowest BCUT2D eigenvalue weighted by Gasteiger charge is -1.93. The van der Waals surface area contributed by atoms with Gasteiger partial charge in [0.15, 0.2) is 0 Å². The zero-order valence-corrected chi connectivity index (χ0v) is 11.5. The van der Waals surface area contributed by atoms with Crippen LogP contribution in [0.2, 0.25) is 0 Å². The van der Waals surface area contributed by atoms with E-state index >= 15 is 0 Å². The summed E-state index contributed by atoms with van der Waals surface area (Å²) in [6.07, 6.45) is 0. The van der Waals surface area contributed by atoms with Gasteiger partial charge in [-0.2, -0.15) is 0 Å². The quantitative estimate of drug-likeness (QED) is 0.534. The highest BCUT2D eigenvalue weighted by molar-refractivity contribution is 7.45. The van der Waals surface area contributed by atoms with Crippen LogP contribution in [0.4, 0.5) is 0 Å². The molecule has 0 unspecified atom stereocenters. The van der Waals surface area contributed by atoms with Gasteiger partial charge in [-0.05, 0) is 17.5 Å². The summed E-state index contributed by atoms with van der Waals surface area (Å²) in [4.78, 5) is 33.3. The molecule has 0 amide bonds. The molecule has 3 N–H and O–H groups in total. The third kappa shape index (κ3) is 4.14. The minimum atomic E-state index is -4.64. The Kier molecular flexibility index (Phi) is 4.40. The van der Waals surface area contributed by atoms with E-state index in [1.807, 2.05) is 42.5 Å². The summed E-state index contributed by atoms with van der Waals surface area (Å²) in [6.45, 7) is 0. The van der Waals surface area contributed by atoms with Gasteiger partial charge in [-0.15, -0.1) is 10.2 Å². The highest BCUT2D eigenvalue weighted by Crippen LogP contribution is 2.25. The van der Waals surface area contributed by atoms with Gasteiger partial charge in [0.05, 0.1) is 10.9 Å². The average Bonchev–Trinajstić information content (AvgIpc) is 2.56. The van der Waals surface area contributed by atoms with Crippen molar-refractivity contribution in [3.05, 3.63) is 58.9 Å². The third-order valence-corrected chi connectivity index (χ3v) is 2.60. The van der Waals surface area contributed by atoms with Gasteiger partial charge in [-0.3, -0.25) is 4.79 Å². The molecule has 0 saturated heterocycles. The minimum Gasteiger partial charge on any atom is -0.303 e. The van der Waals surface area contributed by atoms with E-state index in [1.54, 1.807) is 6.07 Å². The Labute approximate surface area is 118 Å². The van der Waals surface area contributed by atoms with Crippen LogP contribution in [0, 0.1) is 0 Å². The molecule has 8 heteroatoms. The molecule has 21 heavy (non-hydrogen) atoms. The van der Waals surface area contributed by atoms with Crippen LogP contribution in [-0.2, 0) is 4.57 Å². The first-order valence-corrected chi connectivity index (χ1v) is 7.35. The van der Waals surface area contributed by atoms with Gasteiger partial charge < -0.3 is 14.7 Å². The van der Waals surface area contributed by atoms with Gasteiger partial charge >= 0.3 is 7.82 Å². The van der Waals surface area contributed by atoms with Crippen LogP contribution in [0.15, 0.2) is 53.3 Å². The first-order chi connectivity index (χ1) is 9.86. The van der Waals surface area contributed by atoms with Gasteiger partial charge in [-0.25, -0.2) is 4.57 Å². The summed E-state index contributed by atoms with van der Waals surface area (Å²) in [5, 5.41) is 10.1. The molecular formula is C13H11N2O5P. The number of nitrogens with zero attached hydrogens (tertiary/aromatic N) is 2. The maximum absolute atomic E-state index is 11.7. The molecule has 0 radical (unpaired) electrons.